The Kier molecular flexibility index (Phi) is 5.79. The SMILES string of the molecule is CC(C)(C)OC(=O)N1CCC(n2cc(-c3ccc(C#N)cc3C(F)(F)F)cn2)CC1. The number of nitrogens with zero attached hydrogens (tertiary/aromatic N) is 4. The number of piperidine rings is 1. The van der Waals surface area contributed by atoms with Crippen LogP contribution in [0.4, 0.5) is 18.0 Å². The highest BCUT2D eigenvalue weighted by Crippen LogP contribution is 2.38. The molecule has 2 heterocycles. The first kappa shape index (κ1) is 21.7. The number of hydrogen-bond donors (Lipinski definition) is 0. The van der Waals surface area contributed by atoms with Crippen molar-refractivity contribution in [1.29, 1.82) is 5.26 Å². The molecule has 0 aliphatic carbocycles. The fourth-order valence-electron chi connectivity index (χ4n) is 3.42. The minimum absolute atomic E-state index is 0.0149. The molecule has 1 amide bonds. The summed E-state index contributed by atoms with van der Waals surface area (Å²) in [6.45, 7) is 6.39. The van der Waals surface area contributed by atoms with Gasteiger partial charge >= 0.3 is 12.3 Å². The van der Waals surface area contributed by atoms with Crippen molar-refractivity contribution in [3.8, 4) is 17.2 Å². The van der Waals surface area contributed by atoms with Crippen molar-refractivity contribution in [3.05, 3.63) is 41.7 Å². The number of alkyl halides is 3. The topological polar surface area (TPSA) is 71.2 Å². The lowest BCUT2D eigenvalue weighted by molar-refractivity contribution is -0.137. The number of likely N-dealkylation sites (tertiary alicyclic amines) is 1. The Labute approximate surface area is 172 Å². The summed E-state index contributed by atoms with van der Waals surface area (Å²) in [5.74, 6) is 0. The Morgan fingerprint density at radius 3 is 2.47 bits per heavy atom. The van der Waals surface area contributed by atoms with Gasteiger partial charge in [-0.2, -0.15) is 23.5 Å². The Morgan fingerprint density at radius 2 is 1.90 bits per heavy atom. The number of ether oxygens (including phenoxy) is 1. The van der Waals surface area contributed by atoms with E-state index >= 15 is 0 Å². The molecule has 3 rings (SSSR count). The number of halogens is 3. The van der Waals surface area contributed by atoms with Gasteiger partial charge in [-0.05, 0) is 51.3 Å². The second kappa shape index (κ2) is 8.01. The van der Waals surface area contributed by atoms with Crippen molar-refractivity contribution < 1.29 is 22.7 Å². The van der Waals surface area contributed by atoms with Gasteiger partial charge in [0.2, 0.25) is 0 Å². The Bertz CT molecular complexity index is 962. The van der Waals surface area contributed by atoms with E-state index in [4.69, 9.17) is 10.00 Å². The van der Waals surface area contributed by atoms with Gasteiger partial charge in [0.1, 0.15) is 5.60 Å². The maximum atomic E-state index is 13.5. The summed E-state index contributed by atoms with van der Waals surface area (Å²) >= 11 is 0. The number of benzene rings is 1. The molecule has 0 unspecified atom stereocenters. The summed E-state index contributed by atoms with van der Waals surface area (Å²) in [6.07, 6.45) is -0.709. The Balaban J connectivity index is 1.74. The van der Waals surface area contributed by atoms with Crippen LogP contribution in [0.1, 0.15) is 50.8 Å². The summed E-state index contributed by atoms with van der Waals surface area (Å²) in [4.78, 5) is 13.8. The average Bonchev–Trinajstić information content (AvgIpc) is 3.15. The zero-order chi connectivity index (χ0) is 22.1. The summed E-state index contributed by atoms with van der Waals surface area (Å²) in [6, 6.07) is 5.23. The zero-order valence-corrected chi connectivity index (χ0v) is 17.0. The molecule has 1 fully saturated rings. The predicted octanol–water partition coefficient (Wildman–Crippen LogP) is 5.01. The molecule has 0 saturated carbocycles. The van der Waals surface area contributed by atoms with E-state index < -0.39 is 17.3 Å². The van der Waals surface area contributed by atoms with Crippen molar-refractivity contribution in [1.82, 2.24) is 14.7 Å². The largest absolute Gasteiger partial charge is 0.444 e. The van der Waals surface area contributed by atoms with E-state index in [1.807, 2.05) is 0 Å². The molecule has 0 spiro atoms. The fourth-order valence-corrected chi connectivity index (χ4v) is 3.42. The van der Waals surface area contributed by atoms with E-state index in [-0.39, 0.29) is 23.3 Å². The minimum atomic E-state index is -4.58. The van der Waals surface area contributed by atoms with E-state index in [0.717, 1.165) is 6.07 Å². The highest BCUT2D eigenvalue weighted by Gasteiger charge is 2.34. The van der Waals surface area contributed by atoms with Crippen LogP contribution in [0.2, 0.25) is 0 Å². The van der Waals surface area contributed by atoms with Crippen LogP contribution in [0.5, 0.6) is 0 Å². The van der Waals surface area contributed by atoms with E-state index in [2.05, 4.69) is 5.10 Å². The molecular formula is C21H23F3N4O2. The van der Waals surface area contributed by atoms with E-state index in [1.165, 1.54) is 18.3 Å². The molecule has 6 nitrogen and oxygen atoms in total. The van der Waals surface area contributed by atoms with Crippen LogP contribution in [0.15, 0.2) is 30.6 Å². The maximum Gasteiger partial charge on any atom is 0.417 e. The summed E-state index contributed by atoms with van der Waals surface area (Å²) in [5, 5.41) is 13.2. The molecule has 160 valence electrons. The number of aromatic nitrogens is 2. The number of carbonyl (C=O) groups excluding carboxylic acids is 1. The molecule has 9 heteroatoms. The minimum Gasteiger partial charge on any atom is -0.444 e. The van der Waals surface area contributed by atoms with Crippen molar-refractivity contribution in [2.24, 2.45) is 0 Å². The number of nitriles is 1. The molecular weight excluding hydrogens is 397 g/mol. The third kappa shape index (κ3) is 4.93. The Morgan fingerprint density at radius 1 is 1.23 bits per heavy atom. The third-order valence-electron chi connectivity index (χ3n) is 4.86. The van der Waals surface area contributed by atoms with Crippen LogP contribution in [0, 0.1) is 11.3 Å². The molecule has 0 bridgehead atoms. The quantitative estimate of drug-likeness (QED) is 0.685. The maximum absolute atomic E-state index is 13.5. The lowest BCUT2D eigenvalue weighted by atomic mass is 9.99. The standard InChI is InChI=1S/C21H23F3N4O2/c1-20(2,3)30-19(29)27-8-6-16(7-9-27)28-13-15(12-26-28)17-5-4-14(11-25)10-18(17)21(22,23)24/h4-5,10,12-13,16H,6-9H2,1-3H3. The molecule has 1 aliphatic heterocycles. The van der Waals surface area contributed by atoms with Crippen LogP contribution in [-0.2, 0) is 10.9 Å². The summed E-state index contributed by atoms with van der Waals surface area (Å²) in [5.41, 5.74) is -1.16. The predicted molar refractivity (Wildman–Crippen MR) is 103 cm³/mol. The summed E-state index contributed by atoms with van der Waals surface area (Å²) < 4.78 is 47.4. The van der Waals surface area contributed by atoms with Crippen molar-refractivity contribution in [2.75, 3.05) is 13.1 Å². The first-order valence-corrected chi connectivity index (χ1v) is 9.62. The number of rotatable bonds is 2. The molecule has 30 heavy (non-hydrogen) atoms. The Hall–Kier alpha value is -3.02. The van der Waals surface area contributed by atoms with Gasteiger partial charge in [-0.25, -0.2) is 4.79 Å². The van der Waals surface area contributed by atoms with Gasteiger partial charge in [-0.1, -0.05) is 6.07 Å². The van der Waals surface area contributed by atoms with Gasteiger partial charge < -0.3 is 9.64 Å². The number of carbonyl (C=O) groups is 1. The molecule has 1 aromatic carbocycles. The molecule has 0 radical (unpaired) electrons. The van der Waals surface area contributed by atoms with Gasteiger partial charge in [-0.3, -0.25) is 4.68 Å². The van der Waals surface area contributed by atoms with Crippen LogP contribution >= 0.6 is 0 Å². The molecule has 1 aliphatic rings. The van der Waals surface area contributed by atoms with Gasteiger partial charge in [0, 0.05) is 24.8 Å². The van der Waals surface area contributed by atoms with Gasteiger partial charge in [0.25, 0.3) is 0 Å². The van der Waals surface area contributed by atoms with Crippen LogP contribution < -0.4 is 0 Å². The second-order valence-electron chi connectivity index (χ2n) is 8.28. The normalized spacial score (nSPS) is 15.7. The van der Waals surface area contributed by atoms with E-state index in [1.54, 1.807) is 42.6 Å². The van der Waals surface area contributed by atoms with Crippen molar-refractivity contribution in [2.45, 2.75) is 51.4 Å². The lowest BCUT2D eigenvalue weighted by Gasteiger charge is -2.33. The fraction of sp³-hybridized carbons (Fsp3) is 0.476. The molecule has 1 saturated heterocycles. The number of amides is 1. The summed E-state index contributed by atoms with van der Waals surface area (Å²) in [7, 11) is 0. The third-order valence-corrected chi connectivity index (χ3v) is 4.86. The highest BCUT2D eigenvalue weighted by molar-refractivity contribution is 5.69. The first-order chi connectivity index (χ1) is 14.0. The number of hydrogen-bond acceptors (Lipinski definition) is 4. The van der Waals surface area contributed by atoms with E-state index in [9.17, 15) is 18.0 Å². The van der Waals surface area contributed by atoms with E-state index in [0.29, 0.717) is 31.5 Å². The van der Waals surface area contributed by atoms with Crippen LogP contribution in [0.25, 0.3) is 11.1 Å². The van der Waals surface area contributed by atoms with Gasteiger partial charge in [-0.15, -0.1) is 0 Å². The zero-order valence-electron chi connectivity index (χ0n) is 17.0. The molecule has 1 aromatic heterocycles. The first-order valence-electron chi connectivity index (χ1n) is 9.62. The molecule has 2 aromatic rings. The van der Waals surface area contributed by atoms with Gasteiger partial charge in [0.15, 0.2) is 0 Å². The highest BCUT2D eigenvalue weighted by atomic mass is 19.4. The van der Waals surface area contributed by atoms with Crippen LogP contribution in [-0.4, -0.2) is 39.5 Å². The average molecular weight is 420 g/mol. The van der Waals surface area contributed by atoms with Crippen LogP contribution in [0.3, 0.4) is 0 Å². The van der Waals surface area contributed by atoms with Crippen molar-refractivity contribution in [3.63, 3.8) is 0 Å². The lowest BCUT2D eigenvalue weighted by Crippen LogP contribution is -2.42. The second-order valence-corrected chi connectivity index (χ2v) is 8.28. The molecule has 0 N–H and O–H groups in total. The molecule has 0 atom stereocenters. The monoisotopic (exact) mass is 420 g/mol. The van der Waals surface area contributed by atoms with Gasteiger partial charge in [0.05, 0.1) is 29.4 Å². The van der Waals surface area contributed by atoms with Crippen molar-refractivity contribution >= 4 is 6.09 Å². The smallest absolute Gasteiger partial charge is 0.417 e.